The van der Waals surface area contributed by atoms with E-state index in [0.717, 1.165) is 23.3 Å². The van der Waals surface area contributed by atoms with Crippen molar-refractivity contribution in [3.05, 3.63) is 131 Å². The van der Waals surface area contributed by atoms with Gasteiger partial charge in [0.15, 0.2) is 0 Å². The maximum Gasteiger partial charge on any atom is 0.573 e. The number of fused-ring (bicyclic) bond motifs is 1. The Bertz CT molecular complexity index is 1620. The van der Waals surface area contributed by atoms with E-state index in [1.165, 1.54) is 36.4 Å². The third-order valence-electron chi connectivity index (χ3n) is 7.06. The van der Waals surface area contributed by atoms with Crippen molar-refractivity contribution in [1.29, 1.82) is 0 Å². The van der Waals surface area contributed by atoms with Crippen molar-refractivity contribution in [2.75, 3.05) is 6.54 Å². The van der Waals surface area contributed by atoms with Crippen molar-refractivity contribution < 1.29 is 40.2 Å². The van der Waals surface area contributed by atoms with E-state index in [9.17, 15) is 30.7 Å². The molecule has 0 radical (unpaired) electrons. The smallest absolute Gasteiger partial charge is 0.406 e. The molecular formula is C32H25F7N2O2. The average Bonchev–Trinajstić information content (AvgIpc) is 3.33. The lowest BCUT2D eigenvalue weighted by molar-refractivity contribution is -0.275. The van der Waals surface area contributed by atoms with Crippen molar-refractivity contribution in [1.82, 2.24) is 10.3 Å². The molecule has 0 spiro atoms. The summed E-state index contributed by atoms with van der Waals surface area (Å²) in [5, 5.41) is 3.97. The quantitative estimate of drug-likeness (QED) is 0.158. The number of halogens is 7. The Morgan fingerprint density at radius 2 is 1.28 bits per heavy atom. The maximum atomic E-state index is 14.0. The molecule has 1 aromatic heterocycles. The van der Waals surface area contributed by atoms with Crippen LogP contribution >= 0.6 is 0 Å². The number of aromatic nitrogens is 1. The van der Waals surface area contributed by atoms with Crippen LogP contribution in [0.1, 0.15) is 22.3 Å². The Morgan fingerprint density at radius 3 is 1.86 bits per heavy atom. The minimum atomic E-state index is -4.95. The van der Waals surface area contributed by atoms with Crippen LogP contribution < -0.4 is 14.8 Å². The second-order valence-electron chi connectivity index (χ2n) is 10.0. The third-order valence-corrected chi connectivity index (χ3v) is 7.06. The zero-order chi connectivity index (χ0) is 30.7. The molecule has 11 heteroatoms. The van der Waals surface area contributed by atoms with Gasteiger partial charge in [-0.05, 0) is 71.1 Å². The van der Waals surface area contributed by atoms with Crippen LogP contribution in [0, 0.1) is 5.82 Å². The summed E-state index contributed by atoms with van der Waals surface area (Å²) in [5.74, 6) is -1.37. The minimum Gasteiger partial charge on any atom is -0.406 e. The molecule has 0 unspecified atom stereocenters. The standard InChI is InChI=1S/C32H25F7N2O2/c33-25-12-13-29-28(16-25)22(19-41-29)18-40-20-30(17-21-6-2-1-3-7-21,23-8-4-10-26(14-23)42-31(34,35)36)24-9-5-11-27(15-24)43-32(37,38)39/h1-16,19,40-41H,17-18,20H2. The first-order chi connectivity index (χ1) is 20.4. The lowest BCUT2D eigenvalue weighted by Crippen LogP contribution is -2.41. The molecule has 0 saturated carbocycles. The van der Waals surface area contributed by atoms with Crippen LogP contribution in [-0.4, -0.2) is 24.3 Å². The molecule has 0 aliphatic heterocycles. The fourth-order valence-electron chi connectivity index (χ4n) is 5.27. The van der Waals surface area contributed by atoms with Gasteiger partial charge in [0.2, 0.25) is 0 Å². The van der Waals surface area contributed by atoms with Gasteiger partial charge in [-0.2, -0.15) is 0 Å². The highest BCUT2D eigenvalue weighted by molar-refractivity contribution is 5.83. The van der Waals surface area contributed by atoms with Gasteiger partial charge in [0.05, 0.1) is 0 Å². The largest absolute Gasteiger partial charge is 0.573 e. The van der Waals surface area contributed by atoms with Gasteiger partial charge in [-0.1, -0.05) is 54.6 Å². The fraction of sp³-hybridized carbons (Fsp3) is 0.188. The number of rotatable bonds is 10. The molecule has 0 bridgehead atoms. The number of H-pyrrole nitrogens is 1. The van der Waals surface area contributed by atoms with Gasteiger partial charge in [0.1, 0.15) is 17.3 Å². The number of nitrogens with one attached hydrogen (secondary N) is 2. The van der Waals surface area contributed by atoms with E-state index in [4.69, 9.17) is 0 Å². The molecule has 0 aliphatic carbocycles. The van der Waals surface area contributed by atoms with Crippen LogP contribution in [0.2, 0.25) is 0 Å². The van der Waals surface area contributed by atoms with Gasteiger partial charge >= 0.3 is 12.7 Å². The first-order valence-electron chi connectivity index (χ1n) is 13.1. The Morgan fingerprint density at radius 1 is 0.674 bits per heavy atom. The number of ether oxygens (including phenoxy) is 2. The summed E-state index contributed by atoms with van der Waals surface area (Å²) in [4.78, 5) is 3.07. The number of benzene rings is 4. The molecule has 5 aromatic rings. The minimum absolute atomic E-state index is 0.0643. The van der Waals surface area contributed by atoms with E-state index in [1.54, 1.807) is 42.6 Å². The maximum absolute atomic E-state index is 14.0. The van der Waals surface area contributed by atoms with Crippen molar-refractivity contribution >= 4 is 10.9 Å². The summed E-state index contributed by atoms with van der Waals surface area (Å²) in [6.45, 7) is 0.284. The summed E-state index contributed by atoms with van der Waals surface area (Å²) in [6, 6.07) is 24.1. The molecule has 1 heterocycles. The number of hydrogen-bond acceptors (Lipinski definition) is 3. The zero-order valence-electron chi connectivity index (χ0n) is 22.4. The number of hydrogen-bond donors (Lipinski definition) is 2. The van der Waals surface area contributed by atoms with E-state index < -0.39 is 35.5 Å². The summed E-state index contributed by atoms with van der Waals surface area (Å²) >= 11 is 0. The van der Waals surface area contributed by atoms with Crippen molar-refractivity contribution in [3.63, 3.8) is 0 Å². The molecular weight excluding hydrogens is 577 g/mol. The number of alkyl halides is 6. The first kappa shape index (κ1) is 30.0. The zero-order valence-corrected chi connectivity index (χ0v) is 22.4. The van der Waals surface area contributed by atoms with Crippen molar-refractivity contribution in [2.45, 2.75) is 31.1 Å². The average molecular weight is 603 g/mol. The van der Waals surface area contributed by atoms with Crippen LogP contribution in [0.25, 0.3) is 10.9 Å². The topological polar surface area (TPSA) is 46.3 Å². The highest BCUT2D eigenvalue weighted by atomic mass is 19.4. The van der Waals surface area contributed by atoms with Crippen LogP contribution in [0.15, 0.2) is 103 Å². The summed E-state index contributed by atoms with van der Waals surface area (Å²) in [6.07, 6.45) is -8.01. The van der Waals surface area contributed by atoms with Gasteiger partial charge in [0, 0.05) is 35.6 Å². The third kappa shape index (κ3) is 7.47. The van der Waals surface area contributed by atoms with Crippen LogP contribution in [-0.2, 0) is 18.4 Å². The monoisotopic (exact) mass is 602 g/mol. The van der Waals surface area contributed by atoms with Crippen molar-refractivity contribution in [2.24, 2.45) is 0 Å². The van der Waals surface area contributed by atoms with E-state index in [2.05, 4.69) is 19.8 Å². The van der Waals surface area contributed by atoms with Gasteiger partial charge in [-0.15, -0.1) is 26.3 Å². The molecule has 0 aliphatic rings. The van der Waals surface area contributed by atoms with E-state index >= 15 is 0 Å². The molecule has 43 heavy (non-hydrogen) atoms. The summed E-state index contributed by atoms with van der Waals surface area (Å²) in [5.41, 5.74) is 1.73. The van der Waals surface area contributed by atoms with Gasteiger partial charge in [0.25, 0.3) is 0 Å². The first-order valence-corrected chi connectivity index (χ1v) is 13.1. The van der Waals surface area contributed by atoms with Gasteiger partial charge < -0.3 is 19.8 Å². The molecule has 0 amide bonds. The van der Waals surface area contributed by atoms with Crippen LogP contribution in [0.4, 0.5) is 30.7 Å². The molecule has 2 N–H and O–H groups in total. The van der Waals surface area contributed by atoms with E-state index in [-0.39, 0.29) is 19.5 Å². The highest BCUT2D eigenvalue weighted by Crippen LogP contribution is 2.40. The highest BCUT2D eigenvalue weighted by Gasteiger charge is 2.38. The van der Waals surface area contributed by atoms with Crippen molar-refractivity contribution in [3.8, 4) is 11.5 Å². The van der Waals surface area contributed by atoms with E-state index in [0.29, 0.717) is 22.0 Å². The SMILES string of the molecule is Fc1ccc2[nH]cc(CNCC(Cc3ccccc3)(c3cccc(OC(F)(F)F)c3)c3cccc(OC(F)(F)F)c3)c2c1. The van der Waals surface area contributed by atoms with E-state index in [1.807, 2.05) is 12.1 Å². The summed E-state index contributed by atoms with van der Waals surface area (Å²) < 4.78 is 101. The van der Waals surface area contributed by atoms with Gasteiger partial charge in [-0.25, -0.2) is 4.39 Å². The lowest BCUT2D eigenvalue weighted by Gasteiger charge is -2.36. The normalized spacial score (nSPS) is 12.4. The predicted octanol–water partition coefficient (Wildman–Crippen LogP) is 8.42. The molecule has 4 aromatic carbocycles. The molecule has 0 fully saturated rings. The Labute approximate surface area is 242 Å². The molecule has 4 nitrogen and oxygen atoms in total. The van der Waals surface area contributed by atoms with Crippen LogP contribution in [0.3, 0.4) is 0 Å². The molecule has 224 valence electrons. The molecule has 5 rings (SSSR count). The summed E-state index contributed by atoms with van der Waals surface area (Å²) in [7, 11) is 0. The second-order valence-corrected chi connectivity index (χ2v) is 10.0. The molecule has 0 atom stereocenters. The van der Waals surface area contributed by atoms with Gasteiger partial charge in [-0.3, -0.25) is 0 Å². The van der Waals surface area contributed by atoms with Crippen LogP contribution in [0.5, 0.6) is 11.5 Å². The Hall–Kier alpha value is -4.51. The fourth-order valence-corrected chi connectivity index (χ4v) is 5.27. The predicted molar refractivity (Wildman–Crippen MR) is 147 cm³/mol. The Balaban J connectivity index is 1.61. The Kier molecular flexibility index (Phi) is 8.36. The number of aromatic amines is 1. The molecule has 0 saturated heterocycles. The lowest BCUT2D eigenvalue weighted by atomic mass is 9.70. The second kappa shape index (κ2) is 12.0.